The van der Waals surface area contributed by atoms with Gasteiger partial charge in [0, 0.05) is 24.5 Å². The molecular formula is C22H23N3O. The Hall–Kier alpha value is -2.72. The maximum atomic E-state index is 12.7. The summed E-state index contributed by atoms with van der Waals surface area (Å²) in [7, 11) is 0. The lowest BCUT2D eigenvalue weighted by atomic mass is 9.88. The van der Waals surface area contributed by atoms with Crippen molar-refractivity contribution in [3.63, 3.8) is 0 Å². The molecule has 1 unspecified atom stereocenters. The van der Waals surface area contributed by atoms with E-state index >= 15 is 0 Å². The Kier molecular flexibility index (Phi) is 4.67. The average molecular weight is 345 g/mol. The summed E-state index contributed by atoms with van der Waals surface area (Å²) in [6, 6.07) is 20.4. The topological polar surface area (TPSA) is 54.0 Å². The number of carbonyl (C=O) groups is 1. The van der Waals surface area contributed by atoms with Crippen molar-refractivity contribution in [3.05, 3.63) is 78.0 Å². The number of nitrogens with zero attached hydrogens (tertiary/aromatic N) is 1. The van der Waals surface area contributed by atoms with Crippen molar-refractivity contribution in [3.8, 4) is 0 Å². The zero-order valence-electron chi connectivity index (χ0n) is 14.7. The van der Waals surface area contributed by atoms with Gasteiger partial charge in [0.05, 0.1) is 11.1 Å². The number of para-hydroxylation sites is 1. The number of benzene rings is 2. The molecule has 1 aliphatic heterocycles. The van der Waals surface area contributed by atoms with Gasteiger partial charge < -0.3 is 10.6 Å². The van der Waals surface area contributed by atoms with E-state index in [4.69, 9.17) is 0 Å². The lowest BCUT2D eigenvalue weighted by Gasteiger charge is -2.30. The Morgan fingerprint density at radius 3 is 2.69 bits per heavy atom. The van der Waals surface area contributed by atoms with Crippen molar-refractivity contribution >= 4 is 16.8 Å². The third-order valence-electron chi connectivity index (χ3n) is 5.22. The first-order valence-electron chi connectivity index (χ1n) is 9.17. The first-order valence-corrected chi connectivity index (χ1v) is 9.17. The predicted molar refractivity (Wildman–Crippen MR) is 104 cm³/mol. The second-order valence-corrected chi connectivity index (χ2v) is 6.91. The molecule has 0 spiro atoms. The molecular weight excluding hydrogens is 322 g/mol. The molecule has 1 aromatic heterocycles. The molecule has 0 saturated carbocycles. The normalized spacial score (nSPS) is 19.5. The molecule has 132 valence electrons. The highest BCUT2D eigenvalue weighted by Crippen LogP contribution is 2.28. The van der Waals surface area contributed by atoms with Crippen LogP contribution in [0.5, 0.6) is 0 Å². The third kappa shape index (κ3) is 3.33. The minimum absolute atomic E-state index is 0.0958. The van der Waals surface area contributed by atoms with Crippen molar-refractivity contribution in [2.75, 3.05) is 13.1 Å². The molecule has 1 amide bonds. The molecule has 1 aliphatic rings. The molecule has 4 heteroatoms. The number of rotatable bonds is 5. The van der Waals surface area contributed by atoms with Gasteiger partial charge in [-0.05, 0) is 42.6 Å². The molecule has 0 aliphatic carbocycles. The second kappa shape index (κ2) is 7.26. The molecule has 2 N–H and O–H groups in total. The molecule has 3 aromatic rings. The summed E-state index contributed by atoms with van der Waals surface area (Å²) in [6.45, 7) is 1.70. The number of amides is 1. The zero-order chi connectivity index (χ0) is 17.8. The smallest absolute Gasteiger partial charge is 0.221 e. The maximum Gasteiger partial charge on any atom is 0.221 e. The van der Waals surface area contributed by atoms with E-state index in [9.17, 15) is 4.79 Å². The summed E-state index contributed by atoms with van der Waals surface area (Å²) in [5, 5.41) is 7.83. The third-order valence-corrected chi connectivity index (χ3v) is 5.22. The molecule has 2 heterocycles. The van der Waals surface area contributed by atoms with E-state index in [1.807, 2.05) is 48.7 Å². The van der Waals surface area contributed by atoms with Gasteiger partial charge in [-0.15, -0.1) is 0 Å². The van der Waals surface area contributed by atoms with E-state index in [0.717, 1.165) is 30.4 Å². The molecule has 26 heavy (non-hydrogen) atoms. The van der Waals surface area contributed by atoms with Crippen LogP contribution in [0.1, 0.15) is 24.0 Å². The number of carbonyl (C=O) groups excluding carboxylic acids is 1. The lowest BCUT2D eigenvalue weighted by Crippen LogP contribution is -2.47. The highest BCUT2D eigenvalue weighted by Gasteiger charge is 2.36. The van der Waals surface area contributed by atoms with Gasteiger partial charge in [-0.3, -0.25) is 9.78 Å². The summed E-state index contributed by atoms with van der Waals surface area (Å²) >= 11 is 0. The van der Waals surface area contributed by atoms with Crippen LogP contribution >= 0.6 is 0 Å². The van der Waals surface area contributed by atoms with Crippen LogP contribution in [0.3, 0.4) is 0 Å². The number of fused-ring (bicyclic) bond motifs is 1. The Morgan fingerprint density at radius 2 is 1.88 bits per heavy atom. The van der Waals surface area contributed by atoms with Crippen LogP contribution in [-0.4, -0.2) is 24.0 Å². The van der Waals surface area contributed by atoms with Crippen LogP contribution in [0.25, 0.3) is 10.9 Å². The van der Waals surface area contributed by atoms with Crippen LogP contribution in [0.2, 0.25) is 0 Å². The summed E-state index contributed by atoms with van der Waals surface area (Å²) in [6.07, 6.45) is 3.93. The van der Waals surface area contributed by atoms with Gasteiger partial charge >= 0.3 is 0 Å². The first-order chi connectivity index (χ1) is 12.8. The summed E-state index contributed by atoms with van der Waals surface area (Å²) in [4.78, 5) is 17.1. The minimum Gasteiger partial charge on any atom is -0.345 e. The first kappa shape index (κ1) is 16.7. The van der Waals surface area contributed by atoms with Gasteiger partial charge in [0.2, 0.25) is 5.91 Å². The van der Waals surface area contributed by atoms with Gasteiger partial charge in [0.15, 0.2) is 0 Å². The average Bonchev–Trinajstić information content (AvgIpc) is 3.16. The Bertz CT molecular complexity index is 896. The predicted octanol–water partition coefficient (Wildman–Crippen LogP) is 3.17. The number of hydrogen-bond donors (Lipinski definition) is 2. The van der Waals surface area contributed by atoms with Crippen LogP contribution in [0, 0.1) is 0 Å². The molecule has 4 nitrogen and oxygen atoms in total. The van der Waals surface area contributed by atoms with Gasteiger partial charge in [-0.1, -0.05) is 48.5 Å². The lowest BCUT2D eigenvalue weighted by molar-refractivity contribution is -0.122. The highest BCUT2D eigenvalue weighted by atomic mass is 16.1. The molecule has 4 rings (SSSR count). The fourth-order valence-electron chi connectivity index (χ4n) is 3.83. The van der Waals surface area contributed by atoms with Crippen molar-refractivity contribution in [2.45, 2.75) is 24.8 Å². The SMILES string of the molecule is O=C(CCc1ccnc2ccccc12)NC1(c2ccccc2)CCNC1. The van der Waals surface area contributed by atoms with E-state index in [-0.39, 0.29) is 11.4 Å². The quantitative estimate of drug-likeness (QED) is 0.747. The van der Waals surface area contributed by atoms with Gasteiger partial charge in [-0.25, -0.2) is 0 Å². The largest absolute Gasteiger partial charge is 0.345 e. The van der Waals surface area contributed by atoms with Crippen molar-refractivity contribution in [2.24, 2.45) is 0 Å². The van der Waals surface area contributed by atoms with E-state index in [0.29, 0.717) is 12.8 Å². The van der Waals surface area contributed by atoms with Crippen LogP contribution in [-0.2, 0) is 16.8 Å². The molecule has 0 radical (unpaired) electrons. The fraction of sp³-hybridized carbons (Fsp3) is 0.273. The molecule has 1 saturated heterocycles. The number of hydrogen-bond acceptors (Lipinski definition) is 3. The van der Waals surface area contributed by atoms with E-state index < -0.39 is 0 Å². The van der Waals surface area contributed by atoms with Crippen molar-refractivity contribution in [1.82, 2.24) is 15.6 Å². The van der Waals surface area contributed by atoms with Crippen LogP contribution in [0.15, 0.2) is 66.9 Å². The Balaban J connectivity index is 1.48. The standard InChI is InChI=1S/C22H23N3O/c26-21(11-10-17-12-14-24-20-9-5-4-8-19(17)20)25-22(13-15-23-16-22)18-6-2-1-3-7-18/h1-9,12,14,23H,10-11,13,15-16H2,(H,25,26). The zero-order valence-corrected chi connectivity index (χ0v) is 14.7. The van der Waals surface area contributed by atoms with E-state index in [1.165, 1.54) is 11.1 Å². The number of pyridine rings is 1. The Labute approximate surface area is 153 Å². The van der Waals surface area contributed by atoms with E-state index in [1.54, 1.807) is 0 Å². The number of aromatic nitrogens is 1. The van der Waals surface area contributed by atoms with E-state index in [2.05, 4.69) is 33.8 Å². The number of nitrogens with one attached hydrogen (secondary N) is 2. The fourth-order valence-corrected chi connectivity index (χ4v) is 3.83. The van der Waals surface area contributed by atoms with Gasteiger partial charge in [0.1, 0.15) is 0 Å². The Morgan fingerprint density at radius 1 is 1.08 bits per heavy atom. The molecule has 2 aromatic carbocycles. The summed E-state index contributed by atoms with van der Waals surface area (Å²) < 4.78 is 0. The van der Waals surface area contributed by atoms with Gasteiger partial charge in [-0.2, -0.15) is 0 Å². The monoisotopic (exact) mass is 345 g/mol. The molecule has 1 atom stereocenters. The van der Waals surface area contributed by atoms with Crippen LogP contribution < -0.4 is 10.6 Å². The summed E-state index contributed by atoms with van der Waals surface area (Å²) in [5.74, 6) is 0.0958. The van der Waals surface area contributed by atoms with Crippen molar-refractivity contribution < 1.29 is 4.79 Å². The molecule has 1 fully saturated rings. The van der Waals surface area contributed by atoms with Crippen molar-refractivity contribution in [1.29, 1.82) is 0 Å². The van der Waals surface area contributed by atoms with Gasteiger partial charge in [0.25, 0.3) is 0 Å². The highest BCUT2D eigenvalue weighted by molar-refractivity contribution is 5.83. The number of aryl methyl sites for hydroxylation is 1. The molecule has 0 bridgehead atoms. The summed E-state index contributed by atoms with van der Waals surface area (Å²) in [5.41, 5.74) is 3.03. The maximum absolute atomic E-state index is 12.7. The minimum atomic E-state index is -0.293. The second-order valence-electron chi connectivity index (χ2n) is 6.91. The van der Waals surface area contributed by atoms with Crippen LogP contribution in [0.4, 0.5) is 0 Å².